The first kappa shape index (κ1) is 20.1. The molecule has 0 bridgehead atoms. The number of fused-ring (bicyclic) bond motifs is 2. The molecule has 1 nitrogen and oxygen atoms in total. The summed E-state index contributed by atoms with van der Waals surface area (Å²) >= 11 is 0. The highest BCUT2D eigenvalue weighted by atomic mass is 19.2. The van der Waals surface area contributed by atoms with E-state index < -0.39 is 23.3 Å². The van der Waals surface area contributed by atoms with Gasteiger partial charge in [0, 0.05) is 10.9 Å². The quantitative estimate of drug-likeness (QED) is 0.160. The lowest BCUT2D eigenvalue weighted by atomic mass is 9.85. The number of methoxy groups -OCH3 is 1. The Labute approximate surface area is 181 Å². The summed E-state index contributed by atoms with van der Waals surface area (Å²) < 4.78 is 62.4. The summed E-state index contributed by atoms with van der Waals surface area (Å²) in [5, 5.41) is 2.16. The summed E-state index contributed by atoms with van der Waals surface area (Å²) in [5.74, 6) is -3.94. The molecule has 0 unspecified atom stereocenters. The van der Waals surface area contributed by atoms with Crippen molar-refractivity contribution in [3.8, 4) is 28.0 Å². The normalized spacial score (nSPS) is 11.3. The number of benzene rings is 5. The fourth-order valence-corrected chi connectivity index (χ4v) is 4.25. The van der Waals surface area contributed by atoms with Crippen LogP contribution in [0.3, 0.4) is 0 Å². The van der Waals surface area contributed by atoms with Gasteiger partial charge < -0.3 is 4.74 Å². The number of halogens is 4. The topological polar surface area (TPSA) is 9.23 Å². The molecule has 0 saturated carbocycles. The van der Waals surface area contributed by atoms with E-state index in [9.17, 15) is 13.2 Å². The lowest BCUT2D eigenvalue weighted by Crippen LogP contribution is -1.96. The molecule has 5 rings (SSSR count). The molecule has 0 amide bonds. The molecule has 5 aromatic rings. The first-order valence-electron chi connectivity index (χ1n) is 9.92. The van der Waals surface area contributed by atoms with Crippen LogP contribution in [0.5, 0.6) is 5.75 Å². The van der Waals surface area contributed by atoms with Gasteiger partial charge in [-0.25, -0.2) is 17.6 Å². The van der Waals surface area contributed by atoms with Gasteiger partial charge in [-0.3, -0.25) is 0 Å². The Morgan fingerprint density at radius 1 is 0.562 bits per heavy atom. The summed E-state index contributed by atoms with van der Waals surface area (Å²) in [5.41, 5.74) is 1.99. The maximum absolute atomic E-state index is 15.3. The largest absolute Gasteiger partial charge is 0.497 e. The SMILES string of the molecule is COc1ccc(-c2c3ccccc3c(-c3cc(F)c(F)c(F)c3)c3cccc(F)c23)cc1. The molecule has 0 aliphatic carbocycles. The highest BCUT2D eigenvalue weighted by molar-refractivity contribution is 6.21. The van der Waals surface area contributed by atoms with Crippen molar-refractivity contribution in [1.82, 2.24) is 0 Å². The first-order chi connectivity index (χ1) is 15.5. The van der Waals surface area contributed by atoms with Crippen LogP contribution in [0.4, 0.5) is 17.6 Å². The van der Waals surface area contributed by atoms with Crippen molar-refractivity contribution in [2.75, 3.05) is 7.11 Å². The molecule has 0 N–H and O–H groups in total. The maximum atomic E-state index is 15.3. The van der Waals surface area contributed by atoms with Gasteiger partial charge in [0.2, 0.25) is 0 Å². The average Bonchev–Trinajstić information content (AvgIpc) is 2.81. The minimum absolute atomic E-state index is 0.134. The molecule has 0 aliphatic heterocycles. The lowest BCUT2D eigenvalue weighted by molar-refractivity contribution is 0.415. The zero-order valence-electron chi connectivity index (χ0n) is 16.9. The summed E-state index contributed by atoms with van der Waals surface area (Å²) in [4.78, 5) is 0. The van der Waals surface area contributed by atoms with Crippen molar-refractivity contribution in [3.63, 3.8) is 0 Å². The molecule has 158 valence electrons. The van der Waals surface area contributed by atoms with E-state index in [1.54, 1.807) is 43.5 Å². The number of rotatable bonds is 3. The van der Waals surface area contributed by atoms with Gasteiger partial charge in [0.15, 0.2) is 17.5 Å². The van der Waals surface area contributed by atoms with E-state index in [1.165, 1.54) is 6.07 Å². The molecule has 5 heteroatoms. The van der Waals surface area contributed by atoms with Crippen LogP contribution in [0.15, 0.2) is 78.9 Å². The highest BCUT2D eigenvalue weighted by Gasteiger charge is 2.21. The van der Waals surface area contributed by atoms with Gasteiger partial charge >= 0.3 is 0 Å². The van der Waals surface area contributed by atoms with E-state index in [-0.39, 0.29) is 5.56 Å². The molecule has 0 fully saturated rings. The standard InChI is InChI=1S/C27H16F4O/c1-32-17-11-9-15(10-12-17)25-19-6-3-2-5-18(19)24(20-7-4-8-21(28)26(20)25)16-13-22(29)27(31)23(30)14-16/h2-14H,1H3. The van der Waals surface area contributed by atoms with Gasteiger partial charge in [-0.15, -0.1) is 0 Å². The minimum atomic E-state index is -1.54. The third kappa shape index (κ3) is 3.09. The second kappa shape index (κ2) is 7.68. The van der Waals surface area contributed by atoms with Crippen molar-refractivity contribution >= 4 is 21.5 Å². The molecule has 0 heterocycles. The first-order valence-corrected chi connectivity index (χ1v) is 9.92. The summed E-state index contributed by atoms with van der Waals surface area (Å²) in [6, 6.07) is 21.0. The van der Waals surface area contributed by atoms with Crippen LogP contribution in [-0.4, -0.2) is 7.11 Å². The molecule has 0 aromatic heterocycles. The van der Waals surface area contributed by atoms with Gasteiger partial charge in [-0.05, 0) is 63.2 Å². The minimum Gasteiger partial charge on any atom is -0.497 e. The second-order valence-electron chi connectivity index (χ2n) is 7.44. The van der Waals surface area contributed by atoms with Gasteiger partial charge in [0.05, 0.1) is 7.11 Å². The maximum Gasteiger partial charge on any atom is 0.194 e. The fraction of sp³-hybridized carbons (Fsp3) is 0.0370. The van der Waals surface area contributed by atoms with Crippen LogP contribution < -0.4 is 4.74 Å². The molecule has 0 saturated heterocycles. The third-order valence-electron chi connectivity index (χ3n) is 5.65. The van der Waals surface area contributed by atoms with Gasteiger partial charge in [-0.2, -0.15) is 0 Å². The van der Waals surface area contributed by atoms with Gasteiger partial charge in [0.25, 0.3) is 0 Å². The highest BCUT2D eigenvalue weighted by Crippen LogP contribution is 2.45. The smallest absolute Gasteiger partial charge is 0.194 e. The van der Waals surface area contributed by atoms with Crippen LogP contribution >= 0.6 is 0 Å². The van der Waals surface area contributed by atoms with Gasteiger partial charge in [0.1, 0.15) is 11.6 Å². The summed E-state index contributed by atoms with van der Waals surface area (Å²) in [6.45, 7) is 0. The summed E-state index contributed by atoms with van der Waals surface area (Å²) in [6.07, 6.45) is 0. The molecule has 0 spiro atoms. The monoisotopic (exact) mass is 432 g/mol. The predicted molar refractivity (Wildman–Crippen MR) is 119 cm³/mol. The summed E-state index contributed by atoms with van der Waals surface area (Å²) in [7, 11) is 1.56. The molecule has 0 radical (unpaired) electrons. The lowest BCUT2D eigenvalue weighted by Gasteiger charge is -2.18. The van der Waals surface area contributed by atoms with Crippen molar-refractivity contribution < 1.29 is 22.3 Å². The van der Waals surface area contributed by atoms with Crippen LogP contribution in [0, 0.1) is 23.3 Å². The predicted octanol–water partition coefficient (Wildman–Crippen LogP) is 7.89. The Hall–Kier alpha value is -3.86. The third-order valence-corrected chi connectivity index (χ3v) is 5.65. The molecule has 32 heavy (non-hydrogen) atoms. The van der Waals surface area contributed by atoms with Crippen LogP contribution in [0.1, 0.15) is 0 Å². The number of hydrogen-bond acceptors (Lipinski definition) is 1. The van der Waals surface area contributed by atoms with E-state index in [0.29, 0.717) is 38.4 Å². The van der Waals surface area contributed by atoms with E-state index in [1.807, 2.05) is 24.3 Å². The second-order valence-corrected chi connectivity index (χ2v) is 7.44. The van der Waals surface area contributed by atoms with Crippen LogP contribution in [0.2, 0.25) is 0 Å². The van der Waals surface area contributed by atoms with Crippen molar-refractivity contribution in [2.45, 2.75) is 0 Å². The molecular formula is C27H16F4O. The van der Waals surface area contributed by atoms with Gasteiger partial charge in [-0.1, -0.05) is 48.5 Å². The molecule has 0 atom stereocenters. The Morgan fingerprint density at radius 2 is 1.16 bits per heavy atom. The molecule has 5 aromatic carbocycles. The molecule has 0 aliphatic rings. The van der Waals surface area contributed by atoms with Crippen molar-refractivity contribution in [3.05, 3.63) is 102 Å². The van der Waals surface area contributed by atoms with Crippen LogP contribution in [0.25, 0.3) is 43.8 Å². The van der Waals surface area contributed by atoms with E-state index in [0.717, 1.165) is 17.7 Å². The number of ether oxygens (including phenoxy) is 1. The van der Waals surface area contributed by atoms with Crippen LogP contribution in [-0.2, 0) is 0 Å². The van der Waals surface area contributed by atoms with E-state index >= 15 is 4.39 Å². The Kier molecular flexibility index (Phi) is 4.82. The molecular weight excluding hydrogens is 416 g/mol. The Balaban J connectivity index is 1.97. The zero-order chi connectivity index (χ0) is 22.4. The average molecular weight is 432 g/mol. The fourth-order valence-electron chi connectivity index (χ4n) is 4.25. The Morgan fingerprint density at radius 3 is 1.78 bits per heavy atom. The van der Waals surface area contributed by atoms with E-state index in [2.05, 4.69) is 0 Å². The van der Waals surface area contributed by atoms with E-state index in [4.69, 9.17) is 4.74 Å². The van der Waals surface area contributed by atoms with Crippen molar-refractivity contribution in [1.29, 1.82) is 0 Å². The van der Waals surface area contributed by atoms with Crippen molar-refractivity contribution in [2.24, 2.45) is 0 Å². The Bertz CT molecular complexity index is 1470. The number of hydrogen-bond donors (Lipinski definition) is 0. The zero-order valence-corrected chi connectivity index (χ0v) is 16.9.